The van der Waals surface area contributed by atoms with Crippen LogP contribution in [0, 0.1) is 5.92 Å². The number of aliphatic hydroxyl groups excluding tert-OH is 5. The van der Waals surface area contributed by atoms with Crippen LogP contribution in [-0.4, -0.2) is 62.5 Å². The van der Waals surface area contributed by atoms with E-state index in [4.69, 9.17) is 10.8 Å². The van der Waals surface area contributed by atoms with Gasteiger partial charge in [-0.3, -0.25) is 4.79 Å². The molecule has 0 aromatic carbocycles. The minimum Gasteiger partial charge on any atom is -0.394 e. The molecule has 1 amide bonds. The zero-order chi connectivity index (χ0) is 26.3. The van der Waals surface area contributed by atoms with Crippen molar-refractivity contribution in [3.05, 3.63) is 0 Å². The molecule has 5 atom stereocenters. The van der Waals surface area contributed by atoms with Crippen molar-refractivity contribution in [2.24, 2.45) is 11.7 Å². The van der Waals surface area contributed by atoms with Crippen LogP contribution < -0.4 is 5.73 Å². The zero-order valence-corrected chi connectivity index (χ0v) is 22.5. The number of primary amides is 1. The molecule has 1 unspecified atom stereocenters. The predicted octanol–water partition coefficient (Wildman–Crippen LogP) is 4.35. The minimum atomic E-state index is -1.69. The number of amides is 1. The minimum absolute atomic E-state index is 0.0787. The number of carbonyl (C=O) groups is 1. The van der Waals surface area contributed by atoms with Crippen LogP contribution in [0.1, 0.15) is 135 Å². The molecule has 0 spiro atoms. The molecule has 0 bridgehead atoms. The summed E-state index contributed by atoms with van der Waals surface area (Å²) in [4.78, 5) is 11.7. The molecule has 0 aromatic heterocycles. The fourth-order valence-corrected chi connectivity index (χ4v) is 4.66. The first kappa shape index (κ1) is 34.3. The Morgan fingerprint density at radius 2 is 0.943 bits per heavy atom. The third kappa shape index (κ3) is 19.1. The lowest BCUT2D eigenvalue weighted by Gasteiger charge is -2.27. The van der Waals surface area contributed by atoms with Crippen LogP contribution >= 0.6 is 0 Å². The van der Waals surface area contributed by atoms with E-state index < -0.39 is 42.8 Å². The van der Waals surface area contributed by atoms with Crippen LogP contribution in [0.5, 0.6) is 0 Å². The molecule has 210 valence electrons. The molecule has 0 radical (unpaired) electrons. The summed E-state index contributed by atoms with van der Waals surface area (Å²) in [5, 5.41) is 48.0. The van der Waals surface area contributed by atoms with Gasteiger partial charge in [0.25, 0.3) is 0 Å². The van der Waals surface area contributed by atoms with Crippen LogP contribution in [0.15, 0.2) is 0 Å². The molecular weight excluding hydrogens is 446 g/mol. The summed E-state index contributed by atoms with van der Waals surface area (Å²) in [6, 6.07) is 0. The SMILES string of the molecule is CCCCCCCCCCCCCCCCCCCCC(C[C@H](O)[C@@H](O)[C@H](O)[C@H](O)CO)C(N)=O. The molecule has 0 heterocycles. The zero-order valence-electron chi connectivity index (χ0n) is 22.5. The van der Waals surface area contributed by atoms with Crippen molar-refractivity contribution in [1.82, 2.24) is 0 Å². The van der Waals surface area contributed by atoms with Gasteiger partial charge in [0, 0.05) is 5.92 Å². The third-order valence-electron chi connectivity index (χ3n) is 7.16. The van der Waals surface area contributed by atoms with Gasteiger partial charge in [-0.15, -0.1) is 0 Å². The van der Waals surface area contributed by atoms with Crippen molar-refractivity contribution in [3.63, 3.8) is 0 Å². The molecule has 0 fully saturated rings. The second kappa shape index (κ2) is 23.7. The smallest absolute Gasteiger partial charge is 0.220 e. The summed E-state index contributed by atoms with van der Waals surface area (Å²) in [5.41, 5.74) is 5.44. The predicted molar refractivity (Wildman–Crippen MR) is 142 cm³/mol. The molecule has 0 saturated heterocycles. The first-order valence-electron chi connectivity index (χ1n) is 14.5. The summed E-state index contributed by atoms with van der Waals surface area (Å²) in [5.74, 6) is -1.14. The van der Waals surface area contributed by atoms with Crippen LogP contribution in [0.25, 0.3) is 0 Å². The summed E-state index contributed by atoms with van der Waals surface area (Å²) < 4.78 is 0. The number of unbranched alkanes of at least 4 members (excludes halogenated alkanes) is 17. The normalized spacial score (nSPS) is 16.1. The molecule has 7 N–H and O–H groups in total. The van der Waals surface area contributed by atoms with Crippen LogP contribution in [0.2, 0.25) is 0 Å². The van der Waals surface area contributed by atoms with E-state index in [1.165, 1.54) is 96.3 Å². The van der Waals surface area contributed by atoms with Gasteiger partial charge in [0.05, 0.1) is 12.7 Å². The maximum absolute atomic E-state index is 11.7. The number of nitrogens with two attached hydrogens (primary N) is 1. The van der Waals surface area contributed by atoms with Gasteiger partial charge in [-0.1, -0.05) is 122 Å². The third-order valence-corrected chi connectivity index (χ3v) is 7.16. The molecule has 0 aliphatic carbocycles. The van der Waals surface area contributed by atoms with E-state index in [2.05, 4.69) is 6.92 Å². The van der Waals surface area contributed by atoms with Gasteiger partial charge >= 0.3 is 0 Å². The molecule has 0 aliphatic heterocycles. The highest BCUT2D eigenvalue weighted by Crippen LogP contribution is 2.20. The number of carbonyl (C=O) groups excluding carboxylic acids is 1. The second-order valence-corrected chi connectivity index (χ2v) is 10.4. The van der Waals surface area contributed by atoms with Crippen molar-refractivity contribution in [2.75, 3.05) is 6.61 Å². The van der Waals surface area contributed by atoms with E-state index in [1.54, 1.807) is 0 Å². The molecule has 7 heteroatoms. The number of rotatable bonds is 26. The lowest BCUT2D eigenvalue weighted by atomic mass is 9.90. The lowest BCUT2D eigenvalue weighted by molar-refractivity contribution is -0.130. The molecule has 0 aliphatic rings. The van der Waals surface area contributed by atoms with E-state index >= 15 is 0 Å². The number of hydrogen-bond acceptors (Lipinski definition) is 6. The van der Waals surface area contributed by atoms with Gasteiger partial charge in [0.15, 0.2) is 0 Å². The van der Waals surface area contributed by atoms with Crippen molar-refractivity contribution in [2.45, 2.75) is 160 Å². The van der Waals surface area contributed by atoms with Crippen molar-refractivity contribution in [3.8, 4) is 0 Å². The second-order valence-electron chi connectivity index (χ2n) is 10.4. The average Bonchev–Trinajstić information content (AvgIpc) is 2.85. The van der Waals surface area contributed by atoms with Gasteiger partial charge in [0.2, 0.25) is 5.91 Å². The Balaban J connectivity index is 3.66. The lowest BCUT2D eigenvalue weighted by Crippen LogP contribution is -2.47. The van der Waals surface area contributed by atoms with Gasteiger partial charge in [-0.2, -0.15) is 0 Å². The molecule has 7 nitrogen and oxygen atoms in total. The Hall–Kier alpha value is -0.730. The van der Waals surface area contributed by atoms with Crippen molar-refractivity contribution >= 4 is 5.91 Å². The quantitative estimate of drug-likeness (QED) is 0.0968. The summed E-state index contributed by atoms with van der Waals surface area (Å²) >= 11 is 0. The first-order chi connectivity index (χ1) is 16.8. The van der Waals surface area contributed by atoms with Crippen molar-refractivity contribution < 1.29 is 30.3 Å². The van der Waals surface area contributed by atoms with E-state index in [0.717, 1.165) is 19.3 Å². The summed E-state index contributed by atoms with van der Waals surface area (Å²) in [6.45, 7) is 1.53. The van der Waals surface area contributed by atoms with Crippen LogP contribution in [0.3, 0.4) is 0 Å². The standard InChI is InChI=1S/C28H57NO6/c1-2-3-4-5-6-7-8-9-10-11-12-13-14-15-16-17-18-19-20-23(28(29)35)21-24(31)26(33)27(34)25(32)22-30/h23-27,30-34H,2-22H2,1H3,(H2,29,35)/t23?,24-,25+,26+,27+/m0/s1. The molecule has 0 rings (SSSR count). The fraction of sp³-hybridized carbons (Fsp3) is 0.964. The van der Waals surface area contributed by atoms with E-state index in [0.29, 0.717) is 6.42 Å². The van der Waals surface area contributed by atoms with Crippen LogP contribution in [0.4, 0.5) is 0 Å². The maximum Gasteiger partial charge on any atom is 0.220 e. The Kier molecular flexibility index (Phi) is 23.2. The van der Waals surface area contributed by atoms with Gasteiger partial charge in [-0.05, 0) is 12.8 Å². The average molecular weight is 504 g/mol. The monoisotopic (exact) mass is 503 g/mol. The van der Waals surface area contributed by atoms with Gasteiger partial charge in [-0.25, -0.2) is 0 Å². The van der Waals surface area contributed by atoms with Crippen LogP contribution in [-0.2, 0) is 4.79 Å². The van der Waals surface area contributed by atoms with E-state index in [9.17, 15) is 25.2 Å². The largest absolute Gasteiger partial charge is 0.394 e. The molecule has 35 heavy (non-hydrogen) atoms. The van der Waals surface area contributed by atoms with Gasteiger partial charge < -0.3 is 31.3 Å². The highest BCUT2D eigenvalue weighted by atomic mass is 16.4. The number of aliphatic hydroxyl groups is 5. The van der Waals surface area contributed by atoms with Crippen molar-refractivity contribution in [1.29, 1.82) is 0 Å². The Morgan fingerprint density at radius 3 is 1.29 bits per heavy atom. The van der Waals surface area contributed by atoms with Gasteiger partial charge in [0.1, 0.15) is 18.3 Å². The number of hydrogen-bond donors (Lipinski definition) is 6. The van der Waals surface area contributed by atoms with E-state index in [-0.39, 0.29) is 6.42 Å². The highest BCUT2D eigenvalue weighted by molar-refractivity contribution is 5.76. The topological polar surface area (TPSA) is 144 Å². The molecular formula is C28H57NO6. The Labute approximate surface area is 214 Å². The Morgan fingerprint density at radius 1 is 0.600 bits per heavy atom. The highest BCUT2D eigenvalue weighted by Gasteiger charge is 2.32. The summed E-state index contributed by atoms with van der Waals surface area (Å²) in [6.07, 6.45) is 17.3. The first-order valence-corrected chi connectivity index (χ1v) is 14.5. The van der Waals surface area contributed by atoms with E-state index in [1.807, 2.05) is 0 Å². The Bertz CT molecular complexity index is 478. The molecule has 0 saturated carbocycles. The maximum atomic E-state index is 11.7. The summed E-state index contributed by atoms with van der Waals surface area (Å²) in [7, 11) is 0. The fourth-order valence-electron chi connectivity index (χ4n) is 4.66. The molecule has 0 aromatic rings.